The van der Waals surface area contributed by atoms with Crippen LogP contribution in [0.1, 0.15) is 78.6 Å². The van der Waals surface area contributed by atoms with Crippen molar-refractivity contribution < 1.29 is 9.47 Å². The Bertz CT molecular complexity index is 460. The van der Waals surface area contributed by atoms with E-state index in [-0.39, 0.29) is 11.2 Å². The van der Waals surface area contributed by atoms with Gasteiger partial charge in [0, 0.05) is 17.3 Å². The molecule has 0 N–H and O–H groups in total. The van der Waals surface area contributed by atoms with E-state index in [9.17, 15) is 0 Å². The zero-order valence-electron chi connectivity index (χ0n) is 13.9. The normalized spacial score (nSPS) is 60.4. The number of fused-ring (bicyclic) bond motifs is 3. The van der Waals surface area contributed by atoms with Gasteiger partial charge in [-0.3, -0.25) is 0 Å². The summed E-state index contributed by atoms with van der Waals surface area (Å²) in [5.41, 5.74) is 0.972. The smallest absolute Gasteiger partial charge is 0.175 e. The lowest BCUT2D eigenvalue weighted by Gasteiger charge is -2.57. The molecular formula is C19H30O2. The summed E-state index contributed by atoms with van der Waals surface area (Å²) in [6, 6.07) is 0. The molecule has 1 saturated heterocycles. The topological polar surface area (TPSA) is 18.5 Å². The molecule has 5 rings (SSSR count). The van der Waals surface area contributed by atoms with Crippen LogP contribution in [0.2, 0.25) is 0 Å². The van der Waals surface area contributed by atoms with Gasteiger partial charge in [0.15, 0.2) is 5.79 Å². The summed E-state index contributed by atoms with van der Waals surface area (Å²) in [4.78, 5) is 0. The molecule has 0 aromatic heterocycles. The lowest BCUT2D eigenvalue weighted by Crippen LogP contribution is -2.62. The molecule has 4 aliphatic carbocycles. The quantitative estimate of drug-likeness (QED) is 0.645. The zero-order chi connectivity index (χ0) is 14.5. The Labute approximate surface area is 129 Å². The average molecular weight is 290 g/mol. The van der Waals surface area contributed by atoms with Gasteiger partial charge >= 0.3 is 0 Å². The van der Waals surface area contributed by atoms with Gasteiger partial charge in [0.05, 0.1) is 12.2 Å². The van der Waals surface area contributed by atoms with E-state index in [1.165, 1.54) is 51.4 Å². The van der Waals surface area contributed by atoms with Crippen LogP contribution in [0.3, 0.4) is 0 Å². The number of hydrogen-bond acceptors (Lipinski definition) is 2. The molecule has 2 bridgehead atoms. The largest absolute Gasteiger partial charge is 0.345 e. The van der Waals surface area contributed by atoms with E-state index >= 15 is 0 Å². The fourth-order valence-electron chi connectivity index (χ4n) is 7.17. The maximum Gasteiger partial charge on any atom is 0.175 e. The van der Waals surface area contributed by atoms with E-state index < -0.39 is 0 Å². The minimum Gasteiger partial charge on any atom is -0.345 e. The second-order valence-corrected chi connectivity index (χ2v) is 9.48. The Morgan fingerprint density at radius 2 is 1.43 bits per heavy atom. The van der Waals surface area contributed by atoms with Crippen LogP contribution < -0.4 is 0 Å². The molecule has 0 aromatic rings. The van der Waals surface area contributed by atoms with E-state index in [4.69, 9.17) is 9.47 Å². The molecule has 0 radical (unpaired) electrons. The number of ether oxygens (including phenoxy) is 2. The minimum absolute atomic E-state index is 0.210. The summed E-state index contributed by atoms with van der Waals surface area (Å²) >= 11 is 0. The van der Waals surface area contributed by atoms with Gasteiger partial charge < -0.3 is 9.47 Å². The molecule has 0 amide bonds. The lowest BCUT2D eigenvalue weighted by atomic mass is 9.67. The Balaban J connectivity index is 1.58. The van der Waals surface area contributed by atoms with Crippen molar-refractivity contribution in [2.24, 2.45) is 22.2 Å². The highest BCUT2D eigenvalue weighted by atomic mass is 16.7. The van der Waals surface area contributed by atoms with Gasteiger partial charge in [0.1, 0.15) is 0 Å². The molecule has 1 heterocycles. The minimum atomic E-state index is -0.257. The summed E-state index contributed by atoms with van der Waals surface area (Å²) < 4.78 is 13.8. The predicted octanol–water partition coefficient (Wildman–Crippen LogP) is 4.67. The van der Waals surface area contributed by atoms with Crippen molar-refractivity contribution in [3.8, 4) is 0 Å². The first-order chi connectivity index (χ1) is 9.94. The van der Waals surface area contributed by atoms with Crippen molar-refractivity contribution in [1.82, 2.24) is 0 Å². The van der Waals surface area contributed by atoms with Gasteiger partial charge in [0.2, 0.25) is 0 Å². The molecule has 4 saturated carbocycles. The molecule has 0 unspecified atom stereocenters. The van der Waals surface area contributed by atoms with Gasteiger partial charge in [-0.25, -0.2) is 0 Å². The Morgan fingerprint density at radius 3 is 1.90 bits per heavy atom. The highest BCUT2D eigenvalue weighted by Gasteiger charge is 2.75. The molecular weight excluding hydrogens is 260 g/mol. The van der Waals surface area contributed by atoms with Crippen LogP contribution in [-0.2, 0) is 9.47 Å². The van der Waals surface area contributed by atoms with Crippen molar-refractivity contribution in [2.75, 3.05) is 0 Å². The second kappa shape index (κ2) is 3.70. The summed E-state index contributed by atoms with van der Waals surface area (Å²) in [6.07, 6.45) is 12.8. The maximum absolute atomic E-state index is 6.91. The summed E-state index contributed by atoms with van der Waals surface area (Å²) in [5, 5.41) is 0. The second-order valence-electron chi connectivity index (χ2n) is 9.48. The van der Waals surface area contributed by atoms with E-state index in [0.29, 0.717) is 23.0 Å². The van der Waals surface area contributed by atoms with E-state index in [1.54, 1.807) is 0 Å². The van der Waals surface area contributed by atoms with Crippen molar-refractivity contribution in [3.05, 3.63) is 0 Å². The van der Waals surface area contributed by atoms with Crippen molar-refractivity contribution in [3.63, 3.8) is 0 Å². The van der Waals surface area contributed by atoms with E-state index in [2.05, 4.69) is 20.8 Å². The number of hydrogen-bond donors (Lipinski definition) is 0. The van der Waals surface area contributed by atoms with Crippen LogP contribution in [0.15, 0.2) is 0 Å². The van der Waals surface area contributed by atoms with Crippen molar-refractivity contribution >= 4 is 0 Å². The first-order valence-electron chi connectivity index (χ1n) is 9.29. The summed E-state index contributed by atoms with van der Waals surface area (Å²) in [5.74, 6) is 0.533. The highest BCUT2D eigenvalue weighted by Crippen LogP contribution is 2.74. The van der Waals surface area contributed by atoms with Crippen LogP contribution in [0.4, 0.5) is 0 Å². The van der Waals surface area contributed by atoms with Gasteiger partial charge in [0.25, 0.3) is 0 Å². The lowest BCUT2D eigenvalue weighted by molar-refractivity contribution is -0.390. The van der Waals surface area contributed by atoms with Gasteiger partial charge in [-0.1, -0.05) is 33.6 Å². The first-order valence-corrected chi connectivity index (χ1v) is 9.29. The first kappa shape index (κ1) is 13.4. The summed E-state index contributed by atoms with van der Waals surface area (Å²) in [7, 11) is 0. The molecule has 0 aromatic carbocycles. The third-order valence-electron chi connectivity index (χ3n) is 8.96. The average Bonchev–Trinajstić information content (AvgIpc) is 3.11. The maximum atomic E-state index is 6.91. The van der Waals surface area contributed by atoms with Crippen LogP contribution in [-0.4, -0.2) is 18.0 Å². The van der Waals surface area contributed by atoms with Crippen molar-refractivity contribution in [2.45, 2.75) is 96.6 Å². The Morgan fingerprint density at radius 1 is 0.810 bits per heavy atom. The standard InChI is InChI=1S/C19H30O2/c1-16(2)13-8-11-17(16,3)19(12-13)20-14-6-4-9-18(14)10-5-7-15(18)21-19/h13-15H,4-12H2,1-3H3/t13-,14+,15+,17-,18?/m1/s1. The molecule has 1 aliphatic heterocycles. The van der Waals surface area contributed by atoms with Gasteiger partial charge in [-0.2, -0.15) is 0 Å². The molecule has 4 atom stereocenters. The van der Waals surface area contributed by atoms with Crippen molar-refractivity contribution in [1.29, 1.82) is 0 Å². The molecule has 2 spiro atoms. The number of rotatable bonds is 0. The third kappa shape index (κ3) is 1.27. The van der Waals surface area contributed by atoms with E-state index in [0.717, 1.165) is 12.3 Å². The van der Waals surface area contributed by atoms with Crippen LogP contribution in [0, 0.1) is 22.2 Å². The fourth-order valence-corrected chi connectivity index (χ4v) is 7.17. The van der Waals surface area contributed by atoms with Crippen LogP contribution in [0.25, 0.3) is 0 Å². The molecule has 118 valence electrons. The molecule has 21 heavy (non-hydrogen) atoms. The highest BCUT2D eigenvalue weighted by molar-refractivity contribution is 5.19. The Kier molecular flexibility index (Phi) is 2.35. The SMILES string of the molecule is CC1(C)[C@@H]2CC[C@@]1(C)C1(C2)O[C@H]2CCCC23CCC[C@@H]3O1. The zero-order valence-corrected chi connectivity index (χ0v) is 13.9. The molecule has 5 aliphatic rings. The van der Waals surface area contributed by atoms with Gasteiger partial charge in [-0.15, -0.1) is 0 Å². The molecule has 2 heteroatoms. The predicted molar refractivity (Wildman–Crippen MR) is 81.8 cm³/mol. The molecule has 5 fully saturated rings. The Hall–Kier alpha value is -0.0800. The van der Waals surface area contributed by atoms with E-state index in [1.807, 2.05) is 0 Å². The third-order valence-corrected chi connectivity index (χ3v) is 8.96. The fraction of sp³-hybridized carbons (Fsp3) is 1.00. The van der Waals surface area contributed by atoms with Gasteiger partial charge in [-0.05, 0) is 49.9 Å². The van der Waals surface area contributed by atoms with Crippen LogP contribution in [0.5, 0.6) is 0 Å². The molecule has 2 nitrogen and oxygen atoms in total. The monoisotopic (exact) mass is 290 g/mol. The summed E-state index contributed by atoms with van der Waals surface area (Å²) in [6.45, 7) is 7.41. The van der Waals surface area contributed by atoms with Crippen LogP contribution >= 0.6 is 0 Å².